The summed E-state index contributed by atoms with van der Waals surface area (Å²) in [7, 11) is 5.78. The first-order valence-corrected chi connectivity index (χ1v) is 3.72. The third kappa shape index (κ3) is 1.13. The van der Waals surface area contributed by atoms with Crippen LogP contribution in [0, 0.1) is 11.8 Å². The van der Waals surface area contributed by atoms with Gasteiger partial charge in [-0.05, 0) is 12.3 Å². The topological polar surface area (TPSA) is 20.2 Å². The molecule has 2 radical (unpaired) electrons. The monoisotopic (exact) mass is 136 g/mol. The van der Waals surface area contributed by atoms with Crippen molar-refractivity contribution in [1.29, 1.82) is 0 Å². The Morgan fingerprint density at radius 3 is 2.60 bits per heavy atom. The summed E-state index contributed by atoms with van der Waals surface area (Å²) in [5.74, 6) is 0.854. The minimum absolute atomic E-state index is 0.108. The largest absolute Gasteiger partial charge is 0.396 e. The normalized spacial score (nSPS) is 40.6. The van der Waals surface area contributed by atoms with Gasteiger partial charge in [-0.15, -0.1) is 0 Å². The second kappa shape index (κ2) is 2.79. The molecule has 10 heavy (non-hydrogen) atoms. The van der Waals surface area contributed by atoms with Crippen molar-refractivity contribution in [3.8, 4) is 0 Å². The Labute approximate surface area is 63.5 Å². The summed E-state index contributed by atoms with van der Waals surface area (Å²) < 4.78 is 0. The van der Waals surface area contributed by atoms with Crippen molar-refractivity contribution in [2.45, 2.75) is 19.2 Å². The van der Waals surface area contributed by atoms with Gasteiger partial charge in [0.1, 0.15) is 0 Å². The van der Waals surface area contributed by atoms with Gasteiger partial charge in [-0.2, -0.15) is 0 Å². The average Bonchev–Trinajstić information content (AvgIpc) is 2.17. The Bertz CT molecular complexity index is 144. The SMILES string of the molecule is [B][C@@H]1C(=C)[C@H](CO)C[C@@H]1C. The summed E-state index contributed by atoms with van der Waals surface area (Å²) in [6.07, 6.45) is 0.997. The number of hydrogen-bond donors (Lipinski definition) is 1. The number of hydrogen-bond acceptors (Lipinski definition) is 1. The Balaban J connectivity index is 2.62. The minimum atomic E-state index is 0.108. The van der Waals surface area contributed by atoms with Gasteiger partial charge in [0.05, 0.1) is 7.85 Å². The van der Waals surface area contributed by atoms with Crippen LogP contribution in [0.4, 0.5) is 0 Å². The second-order valence-corrected chi connectivity index (χ2v) is 3.19. The highest BCUT2D eigenvalue weighted by Crippen LogP contribution is 2.41. The predicted molar refractivity (Wildman–Crippen MR) is 43.0 cm³/mol. The number of rotatable bonds is 1. The quantitative estimate of drug-likeness (QED) is 0.423. The third-order valence-corrected chi connectivity index (χ3v) is 2.44. The second-order valence-electron chi connectivity index (χ2n) is 3.19. The highest BCUT2D eigenvalue weighted by Gasteiger charge is 2.30. The summed E-state index contributed by atoms with van der Waals surface area (Å²) in [5, 5.41) is 8.86. The molecule has 3 atom stereocenters. The van der Waals surface area contributed by atoms with Gasteiger partial charge in [0.15, 0.2) is 0 Å². The van der Waals surface area contributed by atoms with Crippen LogP contribution in [0.15, 0.2) is 12.2 Å². The molecule has 1 aliphatic carbocycles. The fraction of sp³-hybridized carbons (Fsp3) is 0.750. The van der Waals surface area contributed by atoms with Crippen LogP contribution in [0.25, 0.3) is 0 Å². The lowest BCUT2D eigenvalue weighted by Gasteiger charge is -2.09. The van der Waals surface area contributed by atoms with Gasteiger partial charge in [-0.1, -0.05) is 24.9 Å². The standard InChI is InChI=1S/C8H13BO/c1-5-3-7(4-10)6(2)8(5)9/h5,7-8,10H,2-4H2,1H3/t5-,7-,8-/m0/s1. The Morgan fingerprint density at radius 2 is 2.40 bits per heavy atom. The van der Waals surface area contributed by atoms with E-state index >= 15 is 0 Å². The molecule has 1 fully saturated rings. The van der Waals surface area contributed by atoms with Crippen molar-refractivity contribution in [3.05, 3.63) is 12.2 Å². The van der Waals surface area contributed by atoms with Crippen molar-refractivity contribution in [2.24, 2.45) is 11.8 Å². The lowest BCUT2D eigenvalue weighted by atomic mass is 9.77. The molecule has 0 saturated heterocycles. The fourth-order valence-corrected chi connectivity index (χ4v) is 1.58. The zero-order valence-electron chi connectivity index (χ0n) is 6.38. The van der Waals surface area contributed by atoms with Crippen LogP contribution >= 0.6 is 0 Å². The summed E-state index contributed by atoms with van der Waals surface area (Å²) in [5.41, 5.74) is 1.02. The van der Waals surface area contributed by atoms with Crippen LogP contribution in [0.5, 0.6) is 0 Å². The fourth-order valence-electron chi connectivity index (χ4n) is 1.58. The van der Waals surface area contributed by atoms with Crippen LogP contribution < -0.4 is 0 Å². The smallest absolute Gasteiger partial charge is 0.0762 e. The summed E-state index contributed by atoms with van der Waals surface area (Å²) in [6, 6.07) is 0. The van der Waals surface area contributed by atoms with Crippen LogP contribution in [-0.2, 0) is 0 Å². The molecule has 54 valence electrons. The van der Waals surface area contributed by atoms with Gasteiger partial charge in [-0.3, -0.25) is 0 Å². The molecular weight excluding hydrogens is 123 g/mol. The highest BCUT2D eigenvalue weighted by atomic mass is 16.3. The molecule has 0 amide bonds. The van der Waals surface area contributed by atoms with E-state index in [9.17, 15) is 0 Å². The van der Waals surface area contributed by atoms with E-state index < -0.39 is 0 Å². The molecular formula is C8H13BO. The van der Waals surface area contributed by atoms with E-state index in [-0.39, 0.29) is 18.3 Å². The van der Waals surface area contributed by atoms with Gasteiger partial charge in [0, 0.05) is 12.5 Å². The van der Waals surface area contributed by atoms with Crippen molar-refractivity contribution in [1.82, 2.24) is 0 Å². The lowest BCUT2D eigenvalue weighted by Crippen LogP contribution is -2.02. The van der Waals surface area contributed by atoms with E-state index in [1.54, 1.807) is 0 Å². The van der Waals surface area contributed by atoms with E-state index in [2.05, 4.69) is 13.5 Å². The van der Waals surface area contributed by atoms with Crippen molar-refractivity contribution < 1.29 is 5.11 Å². The van der Waals surface area contributed by atoms with E-state index in [0.717, 1.165) is 12.0 Å². The minimum Gasteiger partial charge on any atom is -0.396 e. The maximum absolute atomic E-state index is 8.86. The summed E-state index contributed by atoms with van der Waals surface area (Å²) >= 11 is 0. The molecule has 0 spiro atoms. The third-order valence-electron chi connectivity index (χ3n) is 2.44. The molecule has 0 aromatic carbocycles. The Hall–Kier alpha value is -0.235. The number of aliphatic hydroxyl groups is 1. The van der Waals surface area contributed by atoms with Crippen LogP contribution in [0.1, 0.15) is 13.3 Å². The maximum atomic E-state index is 8.86. The molecule has 0 bridgehead atoms. The summed E-state index contributed by atoms with van der Waals surface area (Å²) in [4.78, 5) is 0. The molecule has 0 unspecified atom stereocenters. The van der Waals surface area contributed by atoms with Crippen molar-refractivity contribution in [3.63, 3.8) is 0 Å². The molecule has 2 heteroatoms. The average molecular weight is 136 g/mol. The highest BCUT2D eigenvalue weighted by molar-refractivity contribution is 6.14. The Morgan fingerprint density at radius 1 is 1.80 bits per heavy atom. The molecule has 0 aromatic rings. The maximum Gasteiger partial charge on any atom is 0.0762 e. The van der Waals surface area contributed by atoms with E-state index in [1.165, 1.54) is 0 Å². The molecule has 1 aliphatic rings. The van der Waals surface area contributed by atoms with E-state index in [1.807, 2.05) is 0 Å². The Kier molecular flexibility index (Phi) is 2.19. The lowest BCUT2D eigenvalue weighted by molar-refractivity contribution is 0.244. The molecule has 1 N–H and O–H groups in total. The molecule has 0 heterocycles. The van der Waals surface area contributed by atoms with Crippen LogP contribution in [0.2, 0.25) is 5.82 Å². The van der Waals surface area contributed by atoms with E-state index in [0.29, 0.717) is 5.92 Å². The summed E-state index contributed by atoms with van der Waals surface area (Å²) in [6.45, 7) is 6.16. The van der Waals surface area contributed by atoms with E-state index in [4.69, 9.17) is 13.0 Å². The van der Waals surface area contributed by atoms with Crippen molar-refractivity contribution >= 4 is 7.85 Å². The van der Waals surface area contributed by atoms with Crippen LogP contribution in [-0.4, -0.2) is 19.6 Å². The van der Waals surface area contributed by atoms with Gasteiger partial charge < -0.3 is 5.11 Å². The number of aliphatic hydroxyl groups excluding tert-OH is 1. The molecule has 0 aromatic heterocycles. The first-order valence-electron chi connectivity index (χ1n) is 3.72. The zero-order valence-corrected chi connectivity index (χ0v) is 6.38. The molecule has 0 aliphatic heterocycles. The van der Waals surface area contributed by atoms with Crippen molar-refractivity contribution in [2.75, 3.05) is 6.61 Å². The predicted octanol–water partition coefficient (Wildman–Crippen LogP) is 1.15. The van der Waals surface area contributed by atoms with Gasteiger partial charge >= 0.3 is 0 Å². The van der Waals surface area contributed by atoms with Gasteiger partial charge in [0.25, 0.3) is 0 Å². The molecule has 1 rings (SSSR count). The molecule has 1 nitrogen and oxygen atoms in total. The van der Waals surface area contributed by atoms with Gasteiger partial charge in [0.2, 0.25) is 0 Å². The zero-order chi connectivity index (χ0) is 7.72. The first-order chi connectivity index (χ1) is 4.66. The van der Waals surface area contributed by atoms with Crippen LogP contribution in [0.3, 0.4) is 0 Å². The first kappa shape index (κ1) is 7.87. The van der Waals surface area contributed by atoms with Gasteiger partial charge in [-0.25, -0.2) is 0 Å². The molecule has 1 saturated carbocycles.